The molecule has 2 aromatic rings. The van der Waals surface area contributed by atoms with Crippen LogP contribution in [0.3, 0.4) is 0 Å². The van der Waals surface area contributed by atoms with Crippen LogP contribution in [0, 0.1) is 13.8 Å². The molecule has 0 atom stereocenters. The summed E-state index contributed by atoms with van der Waals surface area (Å²) >= 11 is 0. The van der Waals surface area contributed by atoms with E-state index in [9.17, 15) is 0 Å². The Morgan fingerprint density at radius 3 is 2.75 bits per heavy atom. The van der Waals surface area contributed by atoms with E-state index in [4.69, 9.17) is 4.42 Å². The van der Waals surface area contributed by atoms with Crippen LogP contribution in [0.25, 0.3) is 0 Å². The minimum Gasteiger partial charge on any atom is -0.408 e. The lowest BCUT2D eigenvalue weighted by molar-refractivity contribution is 0.503. The van der Waals surface area contributed by atoms with E-state index >= 15 is 0 Å². The summed E-state index contributed by atoms with van der Waals surface area (Å²) in [7, 11) is 0. The van der Waals surface area contributed by atoms with Crippen molar-refractivity contribution in [2.75, 3.05) is 11.9 Å². The highest BCUT2D eigenvalue weighted by Crippen LogP contribution is 2.39. The van der Waals surface area contributed by atoms with Crippen LogP contribution in [0.2, 0.25) is 0 Å². The highest BCUT2D eigenvalue weighted by molar-refractivity contribution is 5.24. The van der Waals surface area contributed by atoms with Crippen LogP contribution >= 0.6 is 0 Å². The molecule has 0 bridgehead atoms. The lowest BCUT2D eigenvalue weighted by Gasteiger charge is -2.05. The van der Waals surface area contributed by atoms with Crippen LogP contribution < -0.4 is 5.32 Å². The van der Waals surface area contributed by atoms with Gasteiger partial charge in [0.1, 0.15) is 0 Å². The largest absolute Gasteiger partial charge is 0.408 e. The Labute approximate surface area is 118 Å². The van der Waals surface area contributed by atoms with Crippen LogP contribution in [0.5, 0.6) is 0 Å². The standard InChI is InChI=1S/C14H21N5O/c1-4-12-9(2)18-19(10(12)3)8-7-15-14-17-16-13(20-14)11-5-6-11/h11H,4-8H2,1-3H3,(H,15,17). The van der Waals surface area contributed by atoms with E-state index in [2.05, 4.69) is 41.4 Å². The Bertz CT molecular complexity index is 597. The first-order valence-electron chi connectivity index (χ1n) is 7.29. The van der Waals surface area contributed by atoms with Gasteiger partial charge >= 0.3 is 6.01 Å². The molecule has 1 aliphatic rings. The average Bonchev–Trinajstić information content (AvgIpc) is 3.11. The average molecular weight is 275 g/mol. The molecule has 6 heteroatoms. The van der Waals surface area contributed by atoms with Gasteiger partial charge in [-0.05, 0) is 38.7 Å². The summed E-state index contributed by atoms with van der Waals surface area (Å²) in [5.74, 6) is 1.27. The van der Waals surface area contributed by atoms with Gasteiger partial charge in [0.05, 0.1) is 12.2 Å². The molecule has 2 heterocycles. The molecule has 0 aromatic carbocycles. The number of rotatable bonds is 6. The van der Waals surface area contributed by atoms with E-state index in [0.29, 0.717) is 11.9 Å². The zero-order valence-electron chi connectivity index (χ0n) is 12.3. The molecule has 6 nitrogen and oxygen atoms in total. The lowest BCUT2D eigenvalue weighted by Crippen LogP contribution is -2.13. The zero-order chi connectivity index (χ0) is 14.1. The molecule has 20 heavy (non-hydrogen) atoms. The van der Waals surface area contributed by atoms with Gasteiger partial charge in [-0.2, -0.15) is 5.10 Å². The van der Waals surface area contributed by atoms with Gasteiger partial charge in [0.25, 0.3) is 0 Å². The summed E-state index contributed by atoms with van der Waals surface area (Å²) in [6.45, 7) is 7.88. The third-order valence-corrected chi connectivity index (χ3v) is 3.85. The fourth-order valence-electron chi connectivity index (χ4n) is 2.53. The molecule has 1 fully saturated rings. The molecule has 0 saturated heterocycles. The monoisotopic (exact) mass is 275 g/mol. The van der Waals surface area contributed by atoms with Crippen molar-refractivity contribution < 1.29 is 4.42 Å². The fourth-order valence-corrected chi connectivity index (χ4v) is 2.53. The van der Waals surface area contributed by atoms with E-state index in [1.54, 1.807) is 0 Å². The maximum absolute atomic E-state index is 5.56. The Morgan fingerprint density at radius 1 is 1.30 bits per heavy atom. The predicted molar refractivity (Wildman–Crippen MR) is 75.8 cm³/mol. The SMILES string of the molecule is CCc1c(C)nn(CCNc2nnc(C3CC3)o2)c1C. The minimum absolute atomic E-state index is 0.501. The summed E-state index contributed by atoms with van der Waals surface area (Å²) in [6.07, 6.45) is 3.37. The van der Waals surface area contributed by atoms with Gasteiger partial charge in [-0.3, -0.25) is 4.68 Å². The molecule has 2 aromatic heterocycles. The Morgan fingerprint density at radius 2 is 2.10 bits per heavy atom. The topological polar surface area (TPSA) is 68.8 Å². The molecule has 0 spiro atoms. The number of aryl methyl sites for hydroxylation is 1. The van der Waals surface area contributed by atoms with Crippen LogP contribution in [-0.2, 0) is 13.0 Å². The van der Waals surface area contributed by atoms with Crippen molar-refractivity contribution >= 4 is 6.01 Å². The number of aromatic nitrogens is 4. The maximum Gasteiger partial charge on any atom is 0.315 e. The Hall–Kier alpha value is -1.85. The van der Waals surface area contributed by atoms with E-state index in [-0.39, 0.29) is 0 Å². The lowest BCUT2D eigenvalue weighted by atomic mass is 10.1. The van der Waals surface area contributed by atoms with Crippen molar-refractivity contribution in [3.8, 4) is 0 Å². The van der Waals surface area contributed by atoms with Gasteiger partial charge in [0.2, 0.25) is 5.89 Å². The highest BCUT2D eigenvalue weighted by Gasteiger charge is 2.29. The maximum atomic E-state index is 5.56. The third-order valence-electron chi connectivity index (χ3n) is 3.85. The first-order valence-corrected chi connectivity index (χ1v) is 7.29. The molecule has 108 valence electrons. The van der Waals surface area contributed by atoms with Gasteiger partial charge in [0, 0.05) is 18.2 Å². The molecular weight excluding hydrogens is 254 g/mol. The second-order valence-electron chi connectivity index (χ2n) is 5.37. The third kappa shape index (κ3) is 2.55. The molecule has 0 unspecified atom stereocenters. The molecule has 3 rings (SSSR count). The molecule has 1 N–H and O–H groups in total. The van der Waals surface area contributed by atoms with E-state index in [1.165, 1.54) is 24.1 Å². The van der Waals surface area contributed by atoms with Crippen LogP contribution in [0.1, 0.15) is 48.5 Å². The summed E-state index contributed by atoms with van der Waals surface area (Å²) in [6, 6.07) is 0.518. The fraction of sp³-hybridized carbons (Fsp3) is 0.643. The van der Waals surface area contributed by atoms with Gasteiger partial charge in [-0.25, -0.2) is 0 Å². The minimum atomic E-state index is 0.501. The molecule has 1 aliphatic carbocycles. The normalized spacial score (nSPS) is 14.8. The smallest absolute Gasteiger partial charge is 0.315 e. The number of anilines is 1. The van der Waals surface area contributed by atoms with Crippen LogP contribution in [0.4, 0.5) is 6.01 Å². The summed E-state index contributed by atoms with van der Waals surface area (Å²) in [5, 5.41) is 15.8. The van der Waals surface area contributed by atoms with Crippen LogP contribution in [0.15, 0.2) is 4.42 Å². The first kappa shape index (κ1) is 13.1. The van der Waals surface area contributed by atoms with Gasteiger partial charge in [-0.15, -0.1) is 5.10 Å². The van der Waals surface area contributed by atoms with E-state index in [0.717, 1.165) is 31.1 Å². The Balaban J connectivity index is 1.56. The number of hydrogen-bond acceptors (Lipinski definition) is 5. The molecule has 0 aliphatic heterocycles. The Kier molecular flexibility index (Phi) is 3.46. The van der Waals surface area contributed by atoms with Gasteiger partial charge < -0.3 is 9.73 Å². The number of nitrogens with one attached hydrogen (secondary N) is 1. The van der Waals surface area contributed by atoms with Crippen molar-refractivity contribution in [1.82, 2.24) is 20.0 Å². The molecular formula is C14H21N5O. The number of hydrogen-bond donors (Lipinski definition) is 1. The van der Waals surface area contributed by atoms with Crippen LogP contribution in [-0.4, -0.2) is 26.5 Å². The molecule has 1 saturated carbocycles. The molecule has 0 amide bonds. The number of nitrogens with zero attached hydrogens (tertiary/aromatic N) is 4. The van der Waals surface area contributed by atoms with Crippen molar-refractivity contribution in [2.24, 2.45) is 0 Å². The second-order valence-corrected chi connectivity index (χ2v) is 5.37. The van der Waals surface area contributed by atoms with Gasteiger partial charge in [0.15, 0.2) is 0 Å². The zero-order valence-corrected chi connectivity index (χ0v) is 12.3. The quantitative estimate of drug-likeness (QED) is 0.877. The van der Waals surface area contributed by atoms with E-state index in [1.807, 2.05) is 4.68 Å². The van der Waals surface area contributed by atoms with Crippen molar-refractivity contribution in [2.45, 2.75) is 52.5 Å². The molecule has 0 radical (unpaired) electrons. The summed E-state index contributed by atoms with van der Waals surface area (Å²) in [4.78, 5) is 0. The first-order chi connectivity index (χ1) is 9.69. The van der Waals surface area contributed by atoms with Gasteiger partial charge in [-0.1, -0.05) is 12.0 Å². The summed E-state index contributed by atoms with van der Waals surface area (Å²) in [5.41, 5.74) is 3.72. The van der Waals surface area contributed by atoms with E-state index < -0.39 is 0 Å². The second kappa shape index (κ2) is 5.26. The summed E-state index contributed by atoms with van der Waals surface area (Å²) < 4.78 is 7.60. The van der Waals surface area contributed by atoms with Crippen molar-refractivity contribution in [3.05, 3.63) is 22.8 Å². The van der Waals surface area contributed by atoms with Crippen molar-refractivity contribution in [3.63, 3.8) is 0 Å². The predicted octanol–water partition coefficient (Wildman–Crippen LogP) is 2.43. The van der Waals surface area contributed by atoms with Crippen molar-refractivity contribution in [1.29, 1.82) is 0 Å². The highest BCUT2D eigenvalue weighted by atomic mass is 16.4.